The minimum absolute atomic E-state index is 0.132. The zero-order valence-corrected chi connectivity index (χ0v) is 18.3. The fourth-order valence-corrected chi connectivity index (χ4v) is 3.63. The Kier molecular flexibility index (Phi) is 7.00. The number of H-pyrrole nitrogens is 1. The van der Waals surface area contributed by atoms with Crippen LogP contribution in [0, 0.1) is 0 Å². The quantitative estimate of drug-likeness (QED) is 0.357. The SMILES string of the molecule is CC(=O)OC1[C@@H](OCP(=O)(O)O)O[C@@H](n2ccc(=O)[nH]c2=O)C1(C)OC(=O)c1ccccc1. The van der Waals surface area contributed by atoms with Crippen LogP contribution in [0.5, 0.6) is 0 Å². The molecule has 1 aliphatic heterocycles. The first kappa shape index (κ1) is 24.6. The van der Waals surface area contributed by atoms with Gasteiger partial charge in [0.25, 0.3) is 5.56 Å². The summed E-state index contributed by atoms with van der Waals surface area (Å²) in [6.07, 6.45) is -4.74. The highest BCUT2D eigenvalue weighted by atomic mass is 31.2. The van der Waals surface area contributed by atoms with Crippen molar-refractivity contribution in [1.82, 2.24) is 9.55 Å². The van der Waals surface area contributed by atoms with E-state index in [1.807, 2.05) is 4.98 Å². The Morgan fingerprint density at radius 2 is 1.88 bits per heavy atom. The summed E-state index contributed by atoms with van der Waals surface area (Å²) in [5.41, 5.74) is -3.44. The zero-order chi connectivity index (χ0) is 24.4. The van der Waals surface area contributed by atoms with Gasteiger partial charge in [0.15, 0.2) is 24.3 Å². The third kappa shape index (κ3) is 5.64. The van der Waals surface area contributed by atoms with Gasteiger partial charge in [-0.05, 0) is 19.1 Å². The lowest BCUT2D eigenvalue weighted by molar-refractivity contribution is -0.187. The van der Waals surface area contributed by atoms with Gasteiger partial charge in [0.2, 0.25) is 6.29 Å². The summed E-state index contributed by atoms with van der Waals surface area (Å²) in [4.78, 5) is 68.9. The molecule has 3 N–H and O–H groups in total. The van der Waals surface area contributed by atoms with Crippen LogP contribution < -0.4 is 11.2 Å². The number of carbonyl (C=O) groups is 2. The normalized spacial score (nSPS) is 24.9. The molecule has 1 fully saturated rings. The molecule has 0 radical (unpaired) electrons. The van der Waals surface area contributed by atoms with Crippen LogP contribution in [0.3, 0.4) is 0 Å². The lowest BCUT2D eigenvalue weighted by Gasteiger charge is -2.34. The Morgan fingerprint density at radius 1 is 1.21 bits per heavy atom. The third-order valence-corrected chi connectivity index (χ3v) is 5.18. The number of nitrogens with one attached hydrogen (secondary N) is 1. The standard InChI is InChI=1S/C19H21N2O11P/c1-11(22)30-14-16(29-10-33(26,27)28)31-17(21-9-8-13(23)20-18(21)25)19(14,2)32-15(24)12-6-4-3-5-7-12/h3-9,14,16-17H,10H2,1-2H3,(H,20,23,25)(H2,26,27,28)/t14?,16-,17+,19?/m0/s1. The monoisotopic (exact) mass is 484 g/mol. The summed E-state index contributed by atoms with van der Waals surface area (Å²) in [5, 5.41) is 0. The van der Waals surface area contributed by atoms with Gasteiger partial charge in [-0.3, -0.25) is 23.7 Å². The van der Waals surface area contributed by atoms with Gasteiger partial charge in [-0.1, -0.05) is 18.2 Å². The lowest BCUT2D eigenvalue weighted by atomic mass is 9.98. The van der Waals surface area contributed by atoms with Crippen molar-refractivity contribution in [3.8, 4) is 0 Å². The van der Waals surface area contributed by atoms with Crippen LogP contribution in [0.25, 0.3) is 0 Å². The maximum absolute atomic E-state index is 12.8. The number of esters is 2. The highest BCUT2D eigenvalue weighted by Crippen LogP contribution is 2.45. The number of hydrogen-bond acceptors (Lipinski definition) is 9. The largest absolute Gasteiger partial charge is 0.453 e. The van der Waals surface area contributed by atoms with Gasteiger partial charge >= 0.3 is 25.2 Å². The number of nitrogens with zero attached hydrogens (tertiary/aromatic N) is 1. The summed E-state index contributed by atoms with van der Waals surface area (Å²) in [5.74, 6) is -1.71. The molecule has 0 saturated carbocycles. The molecule has 14 heteroatoms. The summed E-state index contributed by atoms with van der Waals surface area (Å²) in [6.45, 7) is 2.35. The van der Waals surface area contributed by atoms with E-state index in [9.17, 15) is 33.5 Å². The van der Waals surface area contributed by atoms with Crippen molar-refractivity contribution in [1.29, 1.82) is 0 Å². The first-order chi connectivity index (χ1) is 15.4. The van der Waals surface area contributed by atoms with E-state index in [0.717, 1.165) is 23.8 Å². The average molecular weight is 484 g/mol. The fourth-order valence-electron chi connectivity index (χ4n) is 3.29. The molecule has 0 aliphatic carbocycles. The van der Waals surface area contributed by atoms with Crippen LogP contribution >= 0.6 is 7.60 Å². The number of aromatic amines is 1. The molecule has 1 aliphatic rings. The first-order valence-corrected chi connectivity index (χ1v) is 11.3. The highest BCUT2D eigenvalue weighted by Gasteiger charge is 2.61. The smallest absolute Gasteiger partial charge is 0.351 e. The minimum Gasteiger partial charge on any atom is -0.453 e. The number of ether oxygens (including phenoxy) is 4. The molecule has 0 bridgehead atoms. The van der Waals surface area contributed by atoms with Gasteiger partial charge in [-0.15, -0.1) is 0 Å². The number of hydrogen-bond donors (Lipinski definition) is 3. The summed E-state index contributed by atoms with van der Waals surface area (Å²) in [7, 11) is -4.67. The van der Waals surface area contributed by atoms with Gasteiger partial charge in [0.05, 0.1) is 5.56 Å². The molecule has 178 valence electrons. The van der Waals surface area contributed by atoms with Gasteiger partial charge in [0.1, 0.15) is 0 Å². The maximum Gasteiger partial charge on any atom is 0.351 e. The molecule has 0 spiro atoms. The number of aromatic nitrogens is 2. The fraction of sp³-hybridized carbons (Fsp3) is 0.368. The molecular formula is C19H21N2O11P. The van der Waals surface area contributed by atoms with E-state index in [-0.39, 0.29) is 5.56 Å². The van der Waals surface area contributed by atoms with Gasteiger partial charge in [-0.25, -0.2) is 9.59 Å². The van der Waals surface area contributed by atoms with Crippen LogP contribution in [-0.4, -0.2) is 55.6 Å². The van der Waals surface area contributed by atoms with Crippen molar-refractivity contribution in [2.45, 2.75) is 38.1 Å². The van der Waals surface area contributed by atoms with E-state index < -0.39 is 61.4 Å². The molecule has 1 saturated heterocycles. The molecule has 33 heavy (non-hydrogen) atoms. The second-order valence-corrected chi connectivity index (χ2v) is 8.89. The third-order valence-electron chi connectivity index (χ3n) is 4.69. The van der Waals surface area contributed by atoms with Gasteiger partial charge in [-0.2, -0.15) is 0 Å². The number of benzene rings is 1. The van der Waals surface area contributed by atoms with Crippen molar-refractivity contribution in [2.24, 2.45) is 0 Å². The van der Waals surface area contributed by atoms with Crippen LogP contribution in [0.1, 0.15) is 30.4 Å². The zero-order valence-electron chi connectivity index (χ0n) is 17.4. The second kappa shape index (κ2) is 9.41. The predicted octanol–water partition coefficient (Wildman–Crippen LogP) is 0.0907. The van der Waals surface area contributed by atoms with Crippen LogP contribution in [-0.2, 0) is 28.3 Å². The van der Waals surface area contributed by atoms with Crippen molar-refractivity contribution < 1.29 is 42.9 Å². The molecule has 4 atom stereocenters. The average Bonchev–Trinajstić information content (AvgIpc) is 2.98. The minimum atomic E-state index is -4.67. The Morgan fingerprint density at radius 3 is 2.45 bits per heavy atom. The van der Waals surface area contributed by atoms with Crippen LogP contribution in [0.2, 0.25) is 0 Å². The van der Waals surface area contributed by atoms with Gasteiger partial charge < -0.3 is 28.7 Å². The molecule has 2 unspecified atom stereocenters. The molecule has 3 rings (SSSR count). The van der Waals surface area contributed by atoms with Gasteiger partial charge in [0, 0.05) is 19.2 Å². The highest BCUT2D eigenvalue weighted by molar-refractivity contribution is 7.51. The van der Waals surface area contributed by atoms with E-state index in [2.05, 4.69) is 0 Å². The summed E-state index contributed by atoms with van der Waals surface area (Å²) >= 11 is 0. The molecule has 1 aromatic heterocycles. The van der Waals surface area contributed by atoms with E-state index in [0.29, 0.717) is 0 Å². The van der Waals surface area contributed by atoms with E-state index in [1.165, 1.54) is 19.1 Å². The maximum atomic E-state index is 12.8. The topological polar surface area (TPSA) is 183 Å². The lowest BCUT2D eigenvalue weighted by Crippen LogP contribution is -2.51. The second-order valence-electron chi connectivity index (χ2n) is 7.30. The molecule has 1 aromatic carbocycles. The Bertz CT molecular complexity index is 1190. The Labute approximate surface area is 186 Å². The van der Waals surface area contributed by atoms with E-state index in [4.69, 9.17) is 18.9 Å². The van der Waals surface area contributed by atoms with Crippen molar-refractivity contribution in [3.05, 3.63) is 69.0 Å². The summed E-state index contributed by atoms with van der Waals surface area (Å²) < 4.78 is 33.9. The van der Waals surface area contributed by atoms with Crippen molar-refractivity contribution in [2.75, 3.05) is 6.35 Å². The molecule has 2 aromatic rings. The Balaban J connectivity index is 2.08. The molecule has 2 heterocycles. The Hall–Kier alpha value is -3.09. The van der Waals surface area contributed by atoms with Crippen LogP contribution in [0.4, 0.5) is 0 Å². The number of rotatable bonds is 7. The number of carbonyl (C=O) groups excluding carboxylic acids is 2. The van der Waals surface area contributed by atoms with E-state index in [1.54, 1.807) is 18.2 Å². The molecular weight excluding hydrogens is 463 g/mol. The van der Waals surface area contributed by atoms with Crippen molar-refractivity contribution >= 4 is 19.5 Å². The van der Waals surface area contributed by atoms with E-state index >= 15 is 0 Å². The van der Waals surface area contributed by atoms with Crippen LogP contribution in [0.15, 0.2) is 52.2 Å². The first-order valence-electron chi connectivity index (χ1n) is 9.49. The molecule has 0 amide bonds. The predicted molar refractivity (Wildman–Crippen MR) is 109 cm³/mol. The summed E-state index contributed by atoms with van der Waals surface area (Å²) in [6, 6.07) is 8.78. The van der Waals surface area contributed by atoms with Crippen molar-refractivity contribution in [3.63, 3.8) is 0 Å². The molecule has 13 nitrogen and oxygen atoms in total.